The molecule has 7 heteroatoms. The van der Waals surface area contributed by atoms with Crippen molar-refractivity contribution in [3.8, 4) is 11.5 Å². The summed E-state index contributed by atoms with van der Waals surface area (Å²) in [7, 11) is 1.37. The number of rotatable bonds is 4. The summed E-state index contributed by atoms with van der Waals surface area (Å²) < 4.78 is 35.0. The summed E-state index contributed by atoms with van der Waals surface area (Å²) in [6.07, 6.45) is 2.32. The van der Waals surface area contributed by atoms with E-state index in [1.807, 2.05) is 13.8 Å². The van der Waals surface area contributed by atoms with Gasteiger partial charge >= 0.3 is 0 Å². The predicted octanol–water partition coefficient (Wildman–Crippen LogP) is 6.71. The van der Waals surface area contributed by atoms with Gasteiger partial charge in [0, 0.05) is 48.0 Å². The fourth-order valence-electron chi connectivity index (χ4n) is 2.31. The first kappa shape index (κ1) is 19.7. The minimum atomic E-state index is -0.646. The van der Waals surface area contributed by atoms with E-state index in [2.05, 4.69) is 21.2 Å². The van der Waals surface area contributed by atoms with E-state index in [1.54, 1.807) is 23.2 Å². The minimum absolute atomic E-state index is 0.131. The number of fused-ring (bicyclic) bond motifs is 1. The Morgan fingerprint density at radius 2 is 1.88 bits per heavy atom. The van der Waals surface area contributed by atoms with Crippen LogP contribution < -0.4 is 4.74 Å². The van der Waals surface area contributed by atoms with Crippen LogP contribution in [0.15, 0.2) is 36.5 Å². The molecular formula is C18H16F2INO2S. The van der Waals surface area contributed by atoms with Crippen LogP contribution >= 0.6 is 30.3 Å². The molecule has 0 spiro atoms. The Balaban J connectivity index is 0.00000109. The molecule has 3 rings (SSSR count). The Hall–Kier alpha value is -1.61. The fourth-order valence-corrected chi connectivity index (χ4v) is 3.67. The first-order chi connectivity index (χ1) is 12.0. The van der Waals surface area contributed by atoms with Crippen molar-refractivity contribution in [2.75, 3.05) is 0 Å². The smallest absolute Gasteiger partial charge is 0.174 e. The number of aromatic nitrogens is 1. The van der Waals surface area contributed by atoms with Crippen LogP contribution in [0.2, 0.25) is 0 Å². The van der Waals surface area contributed by atoms with E-state index in [9.17, 15) is 13.6 Å². The van der Waals surface area contributed by atoms with Crippen molar-refractivity contribution in [3.63, 3.8) is 0 Å². The lowest BCUT2D eigenvalue weighted by molar-refractivity contribution is 0.112. The molecule has 0 saturated heterocycles. The maximum Gasteiger partial charge on any atom is 0.174 e. The molecule has 0 saturated carbocycles. The van der Waals surface area contributed by atoms with Gasteiger partial charge in [0.2, 0.25) is 0 Å². The molecule has 0 aliphatic rings. The van der Waals surface area contributed by atoms with Gasteiger partial charge < -0.3 is 4.74 Å². The van der Waals surface area contributed by atoms with Crippen LogP contribution in [0.5, 0.6) is 11.5 Å². The number of carbonyl (C=O) groups is 1. The quantitative estimate of drug-likeness (QED) is 0.311. The molecule has 0 N–H and O–H groups in total. The Bertz CT molecular complexity index is 912. The molecule has 1 aromatic heterocycles. The number of hydrogen-bond donors (Lipinski definition) is 0. The van der Waals surface area contributed by atoms with Crippen LogP contribution in [0.25, 0.3) is 10.9 Å². The lowest BCUT2D eigenvalue weighted by Crippen LogP contribution is -1.97. The van der Waals surface area contributed by atoms with Gasteiger partial charge in [0.15, 0.2) is 17.9 Å². The molecule has 0 aliphatic carbocycles. The molecular weight excluding hydrogens is 459 g/mol. The van der Waals surface area contributed by atoms with Gasteiger partial charge in [0.05, 0.1) is 11.1 Å². The molecule has 0 unspecified atom stereocenters. The average Bonchev–Trinajstić information content (AvgIpc) is 3.03. The van der Waals surface area contributed by atoms with Crippen LogP contribution in [-0.4, -0.2) is 10.3 Å². The second-order valence-corrected chi connectivity index (χ2v) is 6.59. The largest absolute Gasteiger partial charge is 0.453 e. The third kappa shape index (κ3) is 3.98. The van der Waals surface area contributed by atoms with Crippen molar-refractivity contribution in [2.45, 2.75) is 20.8 Å². The van der Waals surface area contributed by atoms with E-state index < -0.39 is 5.82 Å². The Morgan fingerprint density at radius 1 is 1.16 bits per heavy atom. The fraction of sp³-hybridized carbons (Fsp3) is 0.167. The van der Waals surface area contributed by atoms with Crippen molar-refractivity contribution < 1.29 is 18.3 Å². The molecule has 25 heavy (non-hydrogen) atoms. The van der Waals surface area contributed by atoms with Crippen LogP contribution in [0.4, 0.5) is 8.78 Å². The van der Waals surface area contributed by atoms with Crippen molar-refractivity contribution in [1.82, 2.24) is 3.97 Å². The molecule has 132 valence electrons. The van der Waals surface area contributed by atoms with Crippen LogP contribution in [0.3, 0.4) is 0 Å². The summed E-state index contributed by atoms with van der Waals surface area (Å²) in [6.45, 7) is 5.58. The lowest BCUT2D eigenvalue weighted by Gasteiger charge is -2.11. The van der Waals surface area contributed by atoms with Gasteiger partial charge in [-0.15, -0.1) is 0 Å². The summed E-state index contributed by atoms with van der Waals surface area (Å²) in [4.78, 5) is 11.5. The van der Waals surface area contributed by atoms with E-state index in [0.717, 1.165) is 0 Å². The number of ether oxygens (including phenoxy) is 1. The van der Waals surface area contributed by atoms with E-state index in [0.29, 0.717) is 22.8 Å². The maximum absolute atomic E-state index is 14.4. The van der Waals surface area contributed by atoms with Crippen LogP contribution in [0.1, 0.15) is 29.8 Å². The molecule has 0 radical (unpaired) electrons. The van der Waals surface area contributed by atoms with Crippen molar-refractivity contribution in [3.05, 3.63) is 59.3 Å². The van der Waals surface area contributed by atoms with Crippen LogP contribution in [-0.2, 0) is 0 Å². The minimum Gasteiger partial charge on any atom is -0.453 e. The zero-order valence-corrected chi connectivity index (χ0v) is 16.8. The van der Waals surface area contributed by atoms with E-state index in [1.165, 1.54) is 33.4 Å². The summed E-state index contributed by atoms with van der Waals surface area (Å²) in [5.74, 6) is -0.908. The standard InChI is InChI=1S/C16H10F2INO2S.C2H6/c1-9-6-10(2-3-13(9)17)22-16-12(8-21)11-4-5-20(23-19)15(11)7-14(16)18;1-2/h2-8H,1H3;1-2H3. The van der Waals surface area contributed by atoms with E-state index in [4.69, 9.17) is 4.74 Å². The highest BCUT2D eigenvalue weighted by Crippen LogP contribution is 2.36. The Kier molecular flexibility index (Phi) is 6.83. The zero-order valence-electron chi connectivity index (χ0n) is 13.8. The van der Waals surface area contributed by atoms with Gasteiger partial charge in [-0.25, -0.2) is 8.78 Å². The molecule has 0 atom stereocenters. The molecule has 2 aromatic carbocycles. The lowest BCUT2D eigenvalue weighted by atomic mass is 10.1. The summed E-state index contributed by atoms with van der Waals surface area (Å²) in [5.41, 5.74) is 1.10. The topological polar surface area (TPSA) is 31.2 Å². The third-order valence-electron chi connectivity index (χ3n) is 3.45. The molecule has 0 fully saturated rings. The number of hydrogen-bond acceptors (Lipinski definition) is 3. The first-order valence-electron chi connectivity index (χ1n) is 7.57. The Morgan fingerprint density at radius 3 is 2.48 bits per heavy atom. The Labute approximate surface area is 161 Å². The SMILES string of the molecule is CC.Cc1cc(Oc2c(F)cc3c(ccn3SI)c2C=O)ccc1F. The average molecular weight is 475 g/mol. The number of benzene rings is 2. The number of aldehydes is 1. The number of halogens is 3. The highest BCUT2D eigenvalue weighted by molar-refractivity contribution is 14.2. The van der Waals surface area contributed by atoms with Crippen molar-refractivity contribution >= 4 is 47.5 Å². The molecule has 0 amide bonds. The maximum atomic E-state index is 14.4. The zero-order chi connectivity index (χ0) is 18.6. The normalized spacial score (nSPS) is 10.3. The van der Waals surface area contributed by atoms with Crippen molar-refractivity contribution in [2.24, 2.45) is 0 Å². The molecule has 3 aromatic rings. The molecule has 0 bridgehead atoms. The third-order valence-corrected chi connectivity index (χ3v) is 5.19. The van der Waals surface area contributed by atoms with E-state index >= 15 is 0 Å². The van der Waals surface area contributed by atoms with Crippen LogP contribution in [0, 0.1) is 18.6 Å². The highest BCUT2D eigenvalue weighted by Gasteiger charge is 2.18. The van der Waals surface area contributed by atoms with Gasteiger partial charge in [0.25, 0.3) is 0 Å². The van der Waals surface area contributed by atoms with Gasteiger partial charge in [-0.1, -0.05) is 13.8 Å². The first-order valence-corrected chi connectivity index (χ1v) is 10.9. The summed E-state index contributed by atoms with van der Waals surface area (Å²) in [6, 6.07) is 7.14. The van der Waals surface area contributed by atoms with Gasteiger partial charge in [0.1, 0.15) is 11.6 Å². The number of carbonyl (C=O) groups excluding carboxylic acids is 1. The second-order valence-electron chi connectivity index (χ2n) is 4.88. The summed E-state index contributed by atoms with van der Waals surface area (Å²) in [5, 5.41) is 0.597. The number of aryl methyl sites for hydroxylation is 1. The van der Waals surface area contributed by atoms with E-state index in [-0.39, 0.29) is 22.9 Å². The predicted molar refractivity (Wildman–Crippen MR) is 107 cm³/mol. The highest BCUT2D eigenvalue weighted by atomic mass is 127. The van der Waals surface area contributed by atoms with Gasteiger partial charge in [-0.2, -0.15) is 0 Å². The number of nitrogens with zero attached hydrogens (tertiary/aromatic N) is 1. The molecule has 1 heterocycles. The summed E-state index contributed by atoms with van der Waals surface area (Å²) >= 11 is 2.07. The second kappa shape index (κ2) is 8.66. The molecule has 0 aliphatic heterocycles. The van der Waals surface area contributed by atoms with Crippen molar-refractivity contribution in [1.29, 1.82) is 0 Å². The monoisotopic (exact) mass is 475 g/mol. The molecule has 3 nitrogen and oxygen atoms in total. The van der Waals surface area contributed by atoms with Gasteiger partial charge in [-0.3, -0.25) is 8.77 Å². The van der Waals surface area contributed by atoms with Gasteiger partial charge in [-0.05, 0) is 36.8 Å².